The van der Waals surface area contributed by atoms with E-state index in [0.717, 1.165) is 39.3 Å². The zero-order valence-corrected chi connectivity index (χ0v) is 13.7. The average molecular weight is 314 g/mol. The third-order valence-electron chi connectivity index (χ3n) is 4.39. The number of carbonyl (C=O) groups is 1. The number of H-pyrrole nitrogens is 1. The summed E-state index contributed by atoms with van der Waals surface area (Å²) in [5.41, 5.74) is 7.98. The number of aromatic amines is 1. The number of nitrogens with one attached hydrogen (secondary N) is 2. The van der Waals surface area contributed by atoms with Crippen LogP contribution in [0, 0.1) is 13.8 Å². The molecule has 0 saturated carbocycles. The molecule has 2 aromatic carbocycles. The highest BCUT2D eigenvalue weighted by Gasteiger charge is 2.24. The fraction of sp³-hybridized carbons (Fsp3) is 0.0952. The number of benzene rings is 2. The highest BCUT2D eigenvalue weighted by molar-refractivity contribution is 6.35. The molecule has 1 aromatic heterocycles. The molecule has 0 bridgehead atoms. The molecule has 2 N–H and O–H groups in total. The van der Waals surface area contributed by atoms with Crippen molar-refractivity contribution in [2.45, 2.75) is 13.8 Å². The standard InChI is InChI=1S/C21H18N2O/c1-13-10-14(2)22-19(13)12-18-17-9-8-16(11-20(17)23-21(18)24)15-6-4-3-5-7-15/h3-12,22H,1-2H3,(H,23,24). The quantitative estimate of drug-likeness (QED) is 0.656. The minimum Gasteiger partial charge on any atom is -0.359 e. The minimum atomic E-state index is -0.0538. The van der Waals surface area contributed by atoms with E-state index in [1.54, 1.807) is 0 Å². The van der Waals surface area contributed by atoms with Gasteiger partial charge in [0, 0.05) is 22.6 Å². The Morgan fingerprint density at radius 1 is 0.917 bits per heavy atom. The van der Waals surface area contributed by atoms with E-state index in [-0.39, 0.29) is 5.91 Å². The van der Waals surface area contributed by atoms with Gasteiger partial charge in [-0.25, -0.2) is 0 Å². The van der Waals surface area contributed by atoms with E-state index in [9.17, 15) is 4.79 Å². The fourth-order valence-corrected chi connectivity index (χ4v) is 3.19. The summed E-state index contributed by atoms with van der Waals surface area (Å²) in [7, 11) is 0. The summed E-state index contributed by atoms with van der Waals surface area (Å²) in [6.07, 6.45) is 1.94. The number of carbonyl (C=O) groups excluding carboxylic acids is 1. The first kappa shape index (κ1) is 14.5. The Hall–Kier alpha value is -3.07. The number of amides is 1. The van der Waals surface area contributed by atoms with E-state index in [0.29, 0.717) is 5.57 Å². The smallest absolute Gasteiger partial charge is 0.256 e. The first-order valence-corrected chi connectivity index (χ1v) is 8.01. The Morgan fingerprint density at radius 2 is 1.71 bits per heavy atom. The van der Waals surface area contributed by atoms with Crippen molar-refractivity contribution in [3.8, 4) is 11.1 Å². The minimum absolute atomic E-state index is 0.0538. The first-order valence-electron chi connectivity index (χ1n) is 8.01. The third kappa shape index (κ3) is 2.44. The van der Waals surface area contributed by atoms with Crippen LogP contribution in [-0.2, 0) is 4.79 Å². The fourth-order valence-electron chi connectivity index (χ4n) is 3.19. The van der Waals surface area contributed by atoms with Crippen molar-refractivity contribution >= 4 is 23.2 Å². The van der Waals surface area contributed by atoms with Gasteiger partial charge in [0.15, 0.2) is 0 Å². The largest absolute Gasteiger partial charge is 0.359 e. The second kappa shape index (κ2) is 5.53. The topological polar surface area (TPSA) is 44.9 Å². The molecule has 0 atom stereocenters. The number of anilines is 1. The summed E-state index contributed by atoms with van der Waals surface area (Å²) in [5.74, 6) is -0.0538. The summed E-state index contributed by atoms with van der Waals surface area (Å²) in [4.78, 5) is 15.7. The second-order valence-electron chi connectivity index (χ2n) is 6.19. The lowest BCUT2D eigenvalue weighted by Gasteiger charge is -2.04. The Bertz CT molecular complexity index is 965. The van der Waals surface area contributed by atoms with Gasteiger partial charge in [-0.05, 0) is 48.7 Å². The Morgan fingerprint density at radius 3 is 2.42 bits per heavy atom. The van der Waals surface area contributed by atoms with E-state index in [1.165, 1.54) is 0 Å². The summed E-state index contributed by atoms with van der Waals surface area (Å²) < 4.78 is 0. The van der Waals surface area contributed by atoms with Gasteiger partial charge in [-0.15, -0.1) is 0 Å². The number of rotatable bonds is 2. The van der Waals surface area contributed by atoms with Crippen LogP contribution in [0.3, 0.4) is 0 Å². The summed E-state index contributed by atoms with van der Waals surface area (Å²) in [6, 6.07) is 18.4. The molecule has 0 saturated heterocycles. The van der Waals surface area contributed by atoms with Crippen LogP contribution in [0.25, 0.3) is 22.8 Å². The first-order chi connectivity index (χ1) is 11.6. The zero-order valence-electron chi connectivity index (χ0n) is 13.7. The highest BCUT2D eigenvalue weighted by atomic mass is 16.2. The molecular formula is C21H18N2O. The number of aromatic nitrogens is 1. The molecule has 1 aliphatic rings. The molecule has 0 unspecified atom stereocenters. The molecule has 0 fully saturated rings. The van der Waals surface area contributed by atoms with Crippen molar-refractivity contribution in [3.63, 3.8) is 0 Å². The van der Waals surface area contributed by atoms with Gasteiger partial charge in [0.1, 0.15) is 0 Å². The van der Waals surface area contributed by atoms with Crippen LogP contribution in [0.4, 0.5) is 5.69 Å². The highest BCUT2D eigenvalue weighted by Crippen LogP contribution is 2.36. The summed E-state index contributed by atoms with van der Waals surface area (Å²) in [5, 5.41) is 2.98. The molecule has 24 heavy (non-hydrogen) atoms. The molecule has 0 spiro atoms. The van der Waals surface area contributed by atoms with Crippen molar-refractivity contribution in [2.75, 3.05) is 5.32 Å². The van der Waals surface area contributed by atoms with Gasteiger partial charge in [0.2, 0.25) is 0 Å². The lowest BCUT2D eigenvalue weighted by Crippen LogP contribution is -2.03. The summed E-state index contributed by atoms with van der Waals surface area (Å²) in [6.45, 7) is 4.06. The monoisotopic (exact) mass is 314 g/mol. The molecule has 3 nitrogen and oxygen atoms in total. The maximum atomic E-state index is 12.4. The van der Waals surface area contributed by atoms with E-state index in [4.69, 9.17) is 0 Å². The van der Waals surface area contributed by atoms with E-state index < -0.39 is 0 Å². The lowest BCUT2D eigenvalue weighted by atomic mass is 10.00. The van der Waals surface area contributed by atoms with Crippen LogP contribution in [0.15, 0.2) is 54.6 Å². The molecule has 2 heterocycles. The van der Waals surface area contributed by atoms with Crippen LogP contribution in [0.5, 0.6) is 0 Å². The molecule has 1 amide bonds. The number of fused-ring (bicyclic) bond motifs is 1. The molecule has 0 radical (unpaired) electrons. The number of hydrogen-bond acceptors (Lipinski definition) is 1. The van der Waals surface area contributed by atoms with Gasteiger partial charge in [-0.3, -0.25) is 4.79 Å². The number of aryl methyl sites for hydroxylation is 2. The maximum absolute atomic E-state index is 12.4. The number of hydrogen-bond donors (Lipinski definition) is 2. The van der Waals surface area contributed by atoms with Crippen molar-refractivity contribution in [2.24, 2.45) is 0 Å². The maximum Gasteiger partial charge on any atom is 0.256 e. The molecular weight excluding hydrogens is 296 g/mol. The SMILES string of the molecule is Cc1cc(C)c(C=C2C(=O)Nc3cc(-c4ccccc4)ccc32)[nH]1. The van der Waals surface area contributed by atoms with Gasteiger partial charge in [-0.1, -0.05) is 42.5 Å². The van der Waals surface area contributed by atoms with Crippen LogP contribution in [0.2, 0.25) is 0 Å². The van der Waals surface area contributed by atoms with Crippen LogP contribution in [-0.4, -0.2) is 10.9 Å². The zero-order chi connectivity index (χ0) is 16.7. The molecule has 3 heteroatoms. The van der Waals surface area contributed by atoms with Crippen LogP contribution < -0.4 is 5.32 Å². The van der Waals surface area contributed by atoms with Gasteiger partial charge < -0.3 is 10.3 Å². The normalized spacial score (nSPS) is 14.8. The second-order valence-corrected chi connectivity index (χ2v) is 6.19. The van der Waals surface area contributed by atoms with Crippen molar-refractivity contribution < 1.29 is 4.79 Å². The predicted octanol–water partition coefficient (Wildman–Crippen LogP) is 4.79. The van der Waals surface area contributed by atoms with Gasteiger partial charge in [0.05, 0.1) is 5.57 Å². The average Bonchev–Trinajstić information content (AvgIpc) is 3.07. The molecule has 0 aliphatic carbocycles. The van der Waals surface area contributed by atoms with Crippen molar-refractivity contribution in [1.82, 2.24) is 4.98 Å². The van der Waals surface area contributed by atoms with Crippen LogP contribution >= 0.6 is 0 Å². The van der Waals surface area contributed by atoms with Gasteiger partial charge >= 0.3 is 0 Å². The van der Waals surface area contributed by atoms with Crippen molar-refractivity contribution in [3.05, 3.63) is 77.1 Å². The molecule has 1 aliphatic heterocycles. The molecule has 4 rings (SSSR count). The van der Waals surface area contributed by atoms with Gasteiger partial charge in [0.25, 0.3) is 5.91 Å². The molecule has 3 aromatic rings. The Labute approximate surface area is 141 Å². The van der Waals surface area contributed by atoms with Gasteiger partial charge in [-0.2, -0.15) is 0 Å². The van der Waals surface area contributed by atoms with E-state index in [2.05, 4.69) is 34.6 Å². The predicted molar refractivity (Wildman–Crippen MR) is 98.6 cm³/mol. The Kier molecular flexibility index (Phi) is 3.35. The van der Waals surface area contributed by atoms with E-state index in [1.807, 2.05) is 50.3 Å². The van der Waals surface area contributed by atoms with E-state index >= 15 is 0 Å². The molecule has 118 valence electrons. The van der Waals surface area contributed by atoms with Crippen LogP contribution in [0.1, 0.15) is 22.5 Å². The third-order valence-corrected chi connectivity index (χ3v) is 4.39. The summed E-state index contributed by atoms with van der Waals surface area (Å²) >= 11 is 0. The lowest BCUT2D eigenvalue weighted by molar-refractivity contribution is -0.110. The Balaban J connectivity index is 1.77. The van der Waals surface area contributed by atoms with Crippen molar-refractivity contribution in [1.29, 1.82) is 0 Å².